The Hall–Kier alpha value is -0.570. The summed E-state index contributed by atoms with van der Waals surface area (Å²) < 4.78 is 4.83. The zero-order chi connectivity index (χ0) is 8.69. The van der Waals surface area contributed by atoms with E-state index in [0.29, 0.717) is 13.2 Å². The molecular formula is C8H17NO2. The van der Waals surface area contributed by atoms with Crippen LogP contribution in [0, 0.1) is 5.92 Å². The summed E-state index contributed by atoms with van der Waals surface area (Å²) >= 11 is 0. The normalized spacial score (nSPS) is 12.6. The van der Waals surface area contributed by atoms with Gasteiger partial charge in [-0.15, -0.1) is 0 Å². The van der Waals surface area contributed by atoms with Crippen LogP contribution in [0.4, 0.5) is 0 Å². The van der Waals surface area contributed by atoms with Crippen molar-refractivity contribution < 1.29 is 9.53 Å². The molecule has 0 aliphatic heterocycles. The Balaban J connectivity index is 3.71. The Labute approximate surface area is 67.9 Å². The fourth-order valence-electron chi connectivity index (χ4n) is 0.940. The molecule has 0 aliphatic carbocycles. The average molecular weight is 159 g/mol. The third-order valence-electron chi connectivity index (χ3n) is 1.54. The van der Waals surface area contributed by atoms with Gasteiger partial charge in [0.2, 0.25) is 0 Å². The molecule has 0 aromatic carbocycles. The van der Waals surface area contributed by atoms with Crippen LogP contribution in [0.1, 0.15) is 26.7 Å². The van der Waals surface area contributed by atoms with E-state index in [-0.39, 0.29) is 11.9 Å². The Morgan fingerprint density at radius 1 is 1.55 bits per heavy atom. The first-order chi connectivity index (χ1) is 5.26. The van der Waals surface area contributed by atoms with Gasteiger partial charge in [-0.2, -0.15) is 0 Å². The van der Waals surface area contributed by atoms with Crippen LogP contribution in [0.15, 0.2) is 0 Å². The van der Waals surface area contributed by atoms with Crippen molar-refractivity contribution in [1.29, 1.82) is 0 Å². The molecule has 0 bridgehead atoms. The second-order valence-electron chi connectivity index (χ2n) is 2.47. The number of rotatable bonds is 5. The molecule has 0 spiro atoms. The number of hydrogen-bond donors (Lipinski definition) is 1. The lowest BCUT2D eigenvalue weighted by atomic mass is 10.0. The third-order valence-corrected chi connectivity index (χ3v) is 1.54. The van der Waals surface area contributed by atoms with E-state index in [1.54, 1.807) is 6.92 Å². The van der Waals surface area contributed by atoms with Crippen molar-refractivity contribution in [2.45, 2.75) is 26.7 Å². The van der Waals surface area contributed by atoms with Gasteiger partial charge in [0, 0.05) is 6.54 Å². The summed E-state index contributed by atoms with van der Waals surface area (Å²) in [4.78, 5) is 11.1. The summed E-state index contributed by atoms with van der Waals surface area (Å²) in [5.41, 5.74) is 5.39. The van der Waals surface area contributed by atoms with Crippen molar-refractivity contribution in [3.63, 3.8) is 0 Å². The van der Waals surface area contributed by atoms with Crippen LogP contribution in [0.3, 0.4) is 0 Å². The van der Waals surface area contributed by atoms with Gasteiger partial charge in [0.05, 0.1) is 12.5 Å². The van der Waals surface area contributed by atoms with Crippen LogP contribution < -0.4 is 5.73 Å². The largest absolute Gasteiger partial charge is 0.466 e. The molecule has 0 unspecified atom stereocenters. The quantitative estimate of drug-likeness (QED) is 0.607. The maximum absolute atomic E-state index is 11.1. The molecule has 2 N–H and O–H groups in total. The van der Waals surface area contributed by atoms with E-state index in [1.807, 2.05) is 6.92 Å². The summed E-state index contributed by atoms with van der Waals surface area (Å²) in [5, 5.41) is 0. The standard InChI is InChI=1S/C8H17NO2/c1-3-5-7(6-9)8(10)11-4-2/h7H,3-6,9H2,1-2H3/t7-/m0/s1. The minimum atomic E-state index is -0.156. The van der Waals surface area contributed by atoms with Crippen LogP contribution in [0.25, 0.3) is 0 Å². The summed E-state index contributed by atoms with van der Waals surface area (Å²) in [6.45, 7) is 4.67. The highest BCUT2D eigenvalue weighted by molar-refractivity contribution is 5.72. The SMILES string of the molecule is CCC[C@@H](CN)C(=O)OCC. The molecule has 0 rings (SSSR count). The number of nitrogens with two attached hydrogens (primary N) is 1. The first-order valence-electron chi connectivity index (χ1n) is 4.12. The van der Waals surface area contributed by atoms with Gasteiger partial charge in [0.15, 0.2) is 0 Å². The van der Waals surface area contributed by atoms with Crippen molar-refractivity contribution in [2.24, 2.45) is 11.7 Å². The van der Waals surface area contributed by atoms with E-state index in [2.05, 4.69) is 0 Å². The van der Waals surface area contributed by atoms with Gasteiger partial charge in [0.1, 0.15) is 0 Å². The lowest BCUT2D eigenvalue weighted by Gasteiger charge is -2.11. The molecule has 66 valence electrons. The monoisotopic (exact) mass is 159 g/mol. The second kappa shape index (κ2) is 6.16. The molecule has 0 saturated carbocycles. The van der Waals surface area contributed by atoms with Crippen LogP contribution in [-0.4, -0.2) is 19.1 Å². The number of carbonyl (C=O) groups is 1. The lowest BCUT2D eigenvalue weighted by Crippen LogP contribution is -2.25. The number of ether oxygens (including phenoxy) is 1. The van der Waals surface area contributed by atoms with Gasteiger partial charge in [-0.3, -0.25) is 4.79 Å². The van der Waals surface area contributed by atoms with Crippen molar-refractivity contribution in [3.8, 4) is 0 Å². The van der Waals surface area contributed by atoms with E-state index in [0.717, 1.165) is 12.8 Å². The highest BCUT2D eigenvalue weighted by atomic mass is 16.5. The molecule has 0 heterocycles. The summed E-state index contributed by atoms with van der Waals surface area (Å²) in [6, 6.07) is 0. The molecule has 3 nitrogen and oxygen atoms in total. The van der Waals surface area contributed by atoms with E-state index in [9.17, 15) is 4.79 Å². The number of hydrogen-bond acceptors (Lipinski definition) is 3. The van der Waals surface area contributed by atoms with Gasteiger partial charge in [-0.1, -0.05) is 13.3 Å². The average Bonchev–Trinajstić information content (AvgIpc) is 2.00. The highest BCUT2D eigenvalue weighted by Gasteiger charge is 2.15. The Morgan fingerprint density at radius 2 is 2.18 bits per heavy atom. The van der Waals surface area contributed by atoms with Crippen LogP contribution in [-0.2, 0) is 9.53 Å². The van der Waals surface area contributed by atoms with Gasteiger partial charge in [-0.05, 0) is 13.3 Å². The van der Waals surface area contributed by atoms with Crippen LogP contribution >= 0.6 is 0 Å². The summed E-state index contributed by atoms with van der Waals surface area (Å²) in [5.74, 6) is -0.253. The number of carbonyl (C=O) groups excluding carboxylic acids is 1. The number of esters is 1. The van der Waals surface area contributed by atoms with Gasteiger partial charge in [0.25, 0.3) is 0 Å². The predicted molar refractivity (Wildman–Crippen MR) is 44.1 cm³/mol. The minimum Gasteiger partial charge on any atom is -0.466 e. The molecular weight excluding hydrogens is 142 g/mol. The van der Waals surface area contributed by atoms with Crippen molar-refractivity contribution in [2.75, 3.05) is 13.2 Å². The predicted octanol–water partition coefficient (Wildman–Crippen LogP) is 0.924. The van der Waals surface area contributed by atoms with Crippen molar-refractivity contribution in [1.82, 2.24) is 0 Å². The van der Waals surface area contributed by atoms with E-state index in [4.69, 9.17) is 10.5 Å². The smallest absolute Gasteiger partial charge is 0.310 e. The minimum absolute atomic E-state index is 0.0973. The molecule has 0 fully saturated rings. The van der Waals surface area contributed by atoms with E-state index >= 15 is 0 Å². The topological polar surface area (TPSA) is 52.3 Å². The van der Waals surface area contributed by atoms with E-state index < -0.39 is 0 Å². The van der Waals surface area contributed by atoms with Gasteiger partial charge >= 0.3 is 5.97 Å². The first kappa shape index (κ1) is 10.4. The van der Waals surface area contributed by atoms with Crippen LogP contribution in [0.5, 0.6) is 0 Å². The Kier molecular flexibility index (Phi) is 5.84. The maximum Gasteiger partial charge on any atom is 0.310 e. The fraction of sp³-hybridized carbons (Fsp3) is 0.875. The molecule has 3 heteroatoms. The Morgan fingerprint density at radius 3 is 2.55 bits per heavy atom. The highest BCUT2D eigenvalue weighted by Crippen LogP contribution is 2.06. The molecule has 1 atom stereocenters. The van der Waals surface area contributed by atoms with Gasteiger partial charge < -0.3 is 10.5 Å². The molecule has 11 heavy (non-hydrogen) atoms. The maximum atomic E-state index is 11.1. The zero-order valence-corrected chi connectivity index (χ0v) is 7.30. The van der Waals surface area contributed by atoms with E-state index in [1.165, 1.54) is 0 Å². The Bertz CT molecular complexity index is 115. The molecule has 0 saturated heterocycles. The van der Waals surface area contributed by atoms with Crippen molar-refractivity contribution >= 4 is 5.97 Å². The molecule has 0 aromatic rings. The molecule has 0 radical (unpaired) electrons. The lowest BCUT2D eigenvalue weighted by molar-refractivity contribution is -0.147. The van der Waals surface area contributed by atoms with Crippen LogP contribution in [0.2, 0.25) is 0 Å². The second-order valence-corrected chi connectivity index (χ2v) is 2.47. The first-order valence-corrected chi connectivity index (χ1v) is 4.12. The zero-order valence-electron chi connectivity index (χ0n) is 7.30. The van der Waals surface area contributed by atoms with Gasteiger partial charge in [-0.25, -0.2) is 0 Å². The molecule has 0 aromatic heterocycles. The third kappa shape index (κ3) is 3.98. The molecule has 0 aliphatic rings. The molecule has 0 amide bonds. The van der Waals surface area contributed by atoms with Crippen molar-refractivity contribution in [3.05, 3.63) is 0 Å². The summed E-state index contributed by atoms with van der Waals surface area (Å²) in [6.07, 6.45) is 1.80. The fourth-order valence-corrected chi connectivity index (χ4v) is 0.940. The summed E-state index contributed by atoms with van der Waals surface area (Å²) in [7, 11) is 0.